The van der Waals surface area contributed by atoms with Crippen LogP contribution in [0.3, 0.4) is 0 Å². The Kier molecular flexibility index (Phi) is 5.82. The SMILES string of the molecule is CC(C)n1c(S[C@@H](C)C(=O)Nc2ccc(Cl)cn2)nc2ccccc2c1=O. The third-order valence-corrected chi connectivity index (χ3v) is 5.21. The molecule has 0 aliphatic carbocycles. The van der Waals surface area contributed by atoms with Crippen LogP contribution in [0, 0.1) is 0 Å². The first-order valence-electron chi connectivity index (χ1n) is 8.47. The zero-order valence-corrected chi connectivity index (χ0v) is 16.7. The molecule has 0 spiro atoms. The fourth-order valence-corrected chi connectivity index (χ4v) is 3.71. The van der Waals surface area contributed by atoms with E-state index in [4.69, 9.17) is 11.6 Å². The molecular formula is C19H19ClN4O2S. The predicted octanol–water partition coefficient (Wildman–Crippen LogP) is 4.15. The van der Waals surface area contributed by atoms with Gasteiger partial charge in [-0.25, -0.2) is 9.97 Å². The van der Waals surface area contributed by atoms with Crippen molar-refractivity contribution in [3.63, 3.8) is 0 Å². The maximum absolute atomic E-state index is 12.9. The van der Waals surface area contributed by atoms with Gasteiger partial charge in [-0.05, 0) is 45.0 Å². The molecule has 0 aliphatic rings. The maximum Gasteiger partial charge on any atom is 0.262 e. The molecular weight excluding hydrogens is 384 g/mol. The molecule has 3 aromatic rings. The number of benzene rings is 1. The predicted molar refractivity (Wildman–Crippen MR) is 110 cm³/mol. The van der Waals surface area contributed by atoms with Crippen LogP contribution in [0.5, 0.6) is 0 Å². The van der Waals surface area contributed by atoms with Gasteiger partial charge in [0.05, 0.1) is 21.2 Å². The molecule has 0 aliphatic heterocycles. The van der Waals surface area contributed by atoms with Crippen LogP contribution in [-0.4, -0.2) is 25.7 Å². The van der Waals surface area contributed by atoms with E-state index in [-0.39, 0.29) is 17.5 Å². The summed E-state index contributed by atoms with van der Waals surface area (Å²) in [5, 5.41) is 3.85. The highest BCUT2D eigenvalue weighted by Gasteiger charge is 2.21. The van der Waals surface area contributed by atoms with E-state index in [9.17, 15) is 9.59 Å². The monoisotopic (exact) mass is 402 g/mol. The molecule has 2 heterocycles. The lowest BCUT2D eigenvalue weighted by atomic mass is 10.2. The number of para-hydroxylation sites is 1. The number of nitrogens with zero attached hydrogens (tertiary/aromatic N) is 3. The molecule has 1 amide bonds. The van der Waals surface area contributed by atoms with Gasteiger partial charge in [-0.1, -0.05) is 35.5 Å². The van der Waals surface area contributed by atoms with Crippen LogP contribution in [0.2, 0.25) is 5.02 Å². The average molecular weight is 403 g/mol. The summed E-state index contributed by atoms with van der Waals surface area (Å²) in [5.41, 5.74) is 0.513. The minimum absolute atomic E-state index is 0.0784. The van der Waals surface area contributed by atoms with Crippen LogP contribution in [0.15, 0.2) is 52.5 Å². The smallest absolute Gasteiger partial charge is 0.262 e. The van der Waals surface area contributed by atoms with E-state index >= 15 is 0 Å². The van der Waals surface area contributed by atoms with Crippen LogP contribution >= 0.6 is 23.4 Å². The van der Waals surface area contributed by atoms with Crippen molar-refractivity contribution in [3.8, 4) is 0 Å². The molecule has 2 aromatic heterocycles. The number of carbonyl (C=O) groups excluding carboxylic acids is 1. The molecule has 0 unspecified atom stereocenters. The molecule has 27 heavy (non-hydrogen) atoms. The average Bonchev–Trinajstić information content (AvgIpc) is 2.63. The number of hydrogen-bond acceptors (Lipinski definition) is 5. The first-order chi connectivity index (χ1) is 12.9. The van der Waals surface area contributed by atoms with E-state index in [0.717, 1.165) is 0 Å². The Balaban J connectivity index is 1.88. The molecule has 6 nitrogen and oxygen atoms in total. The number of aromatic nitrogens is 3. The van der Waals surface area contributed by atoms with Gasteiger partial charge < -0.3 is 5.32 Å². The van der Waals surface area contributed by atoms with Crippen LogP contribution < -0.4 is 10.9 Å². The van der Waals surface area contributed by atoms with Gasteiger partial charge in [0.1, 0.15) is 5.82 Å². The molecule has 8 heteroatoms. The van der Waals surface area contributed by atoms with E-state index in [0.29, 0.717) is 26.9 Å². The third-order valence-electron chi connectivity index (χ3n) is 3.92. The third kappa shape index (κ3) is 4.31. The normalized spacial score (nSPS) is 12.3. The van der Waals surface area contributed by atoms with E-state index in [2.05, 4.69) is 15.3 Å². The number of thioether (sulfide) groups is 1. The highest BCUT2D eigenvalue weighted by atomic mass is 35.5. The molecule has 3 rings (SSSR count). The molecule has 0 radical (unpaired) electrons. The molecule has 1 aromatic carbocycles. The van der Waals surface area contributed by atoms with Crippen molar-refractivity contribution >= 4 is 46.0 Å². The van der Waals surface area contributed by atoms with E-state index in [1.807, 2.05) is 26.0 Å². The summed E-state index contributed by atoms with van der Waals surface area (Å²) in [6.45, 7) is 5.61. The number of nitrogens with one attached hydrogen (secondary N) is 1. The van der Waals surface area contributed by atoms with Gasteiger partial charge in [-0.2, -0.15) is 0 Å². The van der Waals surface area contributed by atoms with Crippen molar-refractivity contribution in [1.29, 1.82) is 0 Å². The summed E-state index contributed by atoms with van der Waals surface area (Å²) in [6, 6.07) is 10.4. The standard InChI is InChI=1S/C19H19ClN4O2S/c1-11(2)24-18(26)14-6-4-5-7-15(14)22-19(24)27-12(3)17(25)23-16-9-8-13(20)10-21-16/h4-12H,1-3H3,(H,21,23,25)/t12-/m0/s1. The molecule has 140 valence electrons. The van der Waals surface area contributed by atoms with Crippen molar-refractivity contribution in [2.75, 3.05) is 5.32 Å². The summed E-state index contributed by atoms with van der Waals surface area (Å²) < 4.78 is 1.62. The van der Waals surface area contributed by atoms with E-state index in [1.165, 1.54) is 18.0 Å². The minimum Gasteiger partial charge on any atom is -0.310 e. The van der Waals surface area contributed by atoms with Gasteiger partial charge in [0, 0.05) is 12.2 Å². The van der Waals surface area contributed by atoms with Gasteiger partial charge in [-0.15, -0.1) is 0 Å². The molecule has 1 N–H and O–H groups in total. The fraction of sp³-hybridized carbons (Fsp3) is 0.263. The second-order valence-electron chi connectivity index (χ2n) is 6.29. The van der Waals surface area contributed by atoms with Crippen molar-refractivity contribution in [2.45, 2.75) is 37.2 Å². The number of anilines is 1. The summed E-state index contributed by atoms with van der Waals surface area (Å²) in [4.78, 5) is 34.0. The van der Waals surface area contributed by atoms with Crippen molar-refractivity contribution in [3.05, 3.63) is 58.0 Å². The van der Waals surface area contributed by atoms with E-state index in [1.54, 1.807) is 35.8 Å². The number of rotatable bonds is 5. The molecule has 1 atom stereocenters. The summed E-state index contributed by atoms with van der Waals surface area (Å²) in [5.74, 6) is 0.192. The number of fused-ring (bicyclic) bond motifs is 1. The number of hydrogen-bond donors (Lipinski definition) is 1. The van der Waals surface area contributed by atoms with Gasteiger partial charge in [0.25, 0.3) is 5.56 Å². The van der Waals surface area contributed by atoms with Crippen LogP contribution in [0.4, 0.5) is 5.82 Å². The van der Waals surface area contributed by atoms with E-state index < -0.39 is 5.25 Å². The number of carbonyl (C=O) groups is 1. The van der Waals surface area contributed by atoms with Gasteiger partial charge in [0.15, 0.2) is 5.16 Å². The lowest BCUT2D eigenvalue weighted by Gasteiger charge is -2.18. The largest absolute Gasteiger partial charge is 0.310 e. The Bertz CT molecular complexity index is 1030. The quantitative estimate of drug-likeness (QED) is 0.512. The highest BCUT2D eigenvalue weighted by molar-refractivity contribution is 8.00. The van der Waals surface area contributed by atoms with Gasteiger partial charge >= 0.3 is 0 Å². The summed E-state index contributed by atoms with van der Waals surface area (Å²) >= 11 is 7.05. The number of halogens is 1. The Morgan fingerprint density at radius 3 is 2.59 bits per heavy atom. The van der Waals surface area contributed by atoms with Crippen molar-refractivity contribution in [2.24, 2.45) is 0 Å². The Morgan fingerprint density at radius 1 is 1.19 bits per heavy atom. The number of amides is 1. The van der Waals surface area contributed by atoms with Crippen molar-refractivity contribution in [1.82, 2.24) is 14.5 Å². The number of pyridine rings is 1. The van der Waals surface area contributed by atoms with Crippen LogP contribution in [0.25, 0.3) is 10.9 Å². The first-order valence-corrected chi connectivity index (χ1v) is 9.73. The molecule has 0 fully saturated rings. The fourth-order valence-electron chi connectivity index (χ4n) is 2.55. The van der Waals surface area contributed by atoms with Crippen LogP contribution in [-0.2, 0) is 4.79 Å². The molecule has 0 saturated heterocycles. The zero-order valence-electron chi connectivity index (χ0n) is 15.1. The summed E-state index contributed by atoms with van der Waals surface area (Å²) in [6.07, 6.45) is 1.47. The zero-order chi connectivity index (χ0) is 19.6. The minimum atomic E-state index is -0.472. The lowest BCUT2D eigenvalue weighted by molar-refractivity contribution is -0.115. The first kappa shape index (κ1) is 19.4. The molecule has 0 bridgehead atoms. The Hall–Kier alpha value is -2.38. The second kappa shape index (κ2) is 8.10. The lowest BCUT2D eigenvalue weighted by Crippen LogP contribution is -2.28. The maximum atomic E-state index is 12.9. The Labute approximate surface area is 166 Å². The van der Waals surface area contributed by atoms with Crippen molar-refractivity contribution < 1.29 is 4.79 Å². The topological polar surface area (TPSA) is 76.9 Å². The Morgan fingerprint density at radius 2 is 1.93 bits per heavy atom. The second-order valence-corrected chi connectivity index (χ2v) is 8.04. The highest BCUT2D eigenvalue weighted by Crippen LogP contribution is 2.25. The van der Waals surface area contributed by atoms with Crippen LogP contribution in [0.1, 0.15) is 26.8 Å². The van der Waals surface area contributed by atoms with Gasteiger partial charge in [-0.3, -0.25) is 14.2 Å². The van der Waals surface area contributed by atoms with Gasteiger partial charge in [0.2, 0.25) is 5.91 Å². The summed E-state index contributed by atoms with van der Waals surface area (Å²) in [7, 11) is 0. The molecule has 0 saturated carbocycles.